The van der Waals surface area contributed by atoms with Crippen molar-refractivity contribution in [3.8, 4) is 11.5 Å². The van der Waals surface area contributed by atoms with Crippen molar-refractivity contribution in [1.82, 2.24) is 0 Å². The first kappa shape index (κ1) is 14.0. The van der Waals surface area contributed by atoms with Crippen LogP contribution >= 0.6 is 0 Å². The molecule has 2 aromatic rings. The Morgan fingerprint density at radius 2 is 1.67 bits per heavy atom. The van der Waals surface area contributed by atoms with Gasteiger partial charge in [-0.25, -0.2) is 0 Å². The number of hydrogen-bond donors (Lipinski definition) is 2. The van der Waals surface area contributed by atoms with Gasteiger partial charge in [0.1, 0.15) is 11.5 Å². The predicted molar refractivity (Wildman–Crippen MR) is 84.8 cm³/mol. The van der Waals surface area contributed by atoms with E-state index in [0.29, 0.717) is 18.1 Å². The van der Waals surface area contributed by atoms with Gasteiger partial charge in [-0.2, -0.15) is 0 Å². The fraction of sp³-hybridized carbons (Fsp3) is 0.368. The van der Waals surface area contributed by atoms with Crippen LogP contribution in [0.3, 0.4) is 0 Å². The van der Waals surface area contributed by atoms with E-state index < -0.39 is 0 Å². The van der Waals surface area contributed by atoms with Crippen LogP contribution < -0.4 is 0 Å². The quantitative estimate of drug-likeness (QED) is 0.854. The first-order chi connectivity index (χ1) is 10.2. The molecule has 0 saturated heterocycles. The fourth-order valence-electron chi connectivity index (χ4n) is 3.38. The summed E-state index contributed by atoms with van der Waals surface area (Å²) >= 11 is 0. The number of phenols is 2. The third kappa shape index (κ3) is 3.21. The van der Waals surface area contributed by atoms with Crippen LogP contribution in [0, 0.1) is 0 Å². The molecule has 1 aliphatic carbocycles. The molecule has 21 heavy (non-hydrogen) atoms. The maximum Gasteiger partial charge on any atom is 0.122 e. The molecule has 3 rings (SSSR count). The van der Waals surface area contributed by atoms with Gasteiger partial charge in [0.25, 0.3) is 0 Å². The molecule has 2 N–H and O–H groups in total. The second-order valence-corrected chi connectivity index (χ2v) is 6.04. The summed E-state index contributed by atoms with van der Waals surface area (Å²) in [6.07, 6.45) is 6.87. The highest BCUT2D eigenvalue weighted by molar-refractivity contribution is 5.45. The summed E-state index contributed by atoms with van der Waals surface area (Å²) < 4.78 is 0. The molecule has 2 nitrogen and oxygen atoms in total. The van der Waals surface area contributed by atoms with Crippen LogP contribution in [-0.4, -0.2) is 10.2 Å². The van der Waals surface area contributed by atoms with Crippen LogP contribution in [0.4, 0.5) is 0 Å². The molecule has 0 amide bonds. The van der Waals surface area contributed by atoms with Gasteiger partial charge >= 0.3 is 0 Å². The molecular formula is C19H22O2. The Balaban J connectivity index is 1.86. The van der Waals surface area contributed by atoms with Gasteiger partial charge in [-0.3, -0.25) is 0 Å². The SMILES string of the molecule is Oc1cccc(Cc2cccc(C3CCCCC3)c2O)c1. The van der Waals surface area contributed by atoms with Gasteiger partial charge in [-0.1, -0.05) is 49.6 Å². The van der Waals surface area contributed by atoms with Crippen LogP contribution in [0.15, 0.2) is 42.5 Å². The lowest BCUT2D eigenvalue weighted by molar-refractivity contribution is 0.412. The second kappa shape index (κ2) is 6.21. The molecule has 110 valence electrons. The topological polar surface area (TPSA) is 40.5 Å². The summed E-state index contributed by atoms with van der Waals surface area (Å²) in [5, 5.41) is 20.2. The average molecular weight is 282 g/mol. The zero-order valence-corrected chi connectivity index (χ0v) is 12.3. The Morgan fingerprint density at radius 3 is 2.43 bits per heavy atom. The van der Waals surface area contributed by atoms with Gasteiger partial charge < -0.3 is 10.2 Å². The lowest BCUT2D eigenvalue weighted by Gasteiger charge is -2.23. The van der Waals surface area contributed by atoms with E-state index in [-0.39, 0.29) is 5.75 Å². The Kier molecular flexibility index (Phi) is 4.14. The molecule has 0 unspecified atom stereocenters. The molecule has 0 bridgehead atoms. The predicted octanol–water partition coefficient (Wildman–Crippen LogP) is 4.74. The van der Waals surface area contributed by atoms with E-state index in [2.05, 4.69) is 6.07 Å². The Morgan fingerprint density at radius 1 is 0.905 bits per heavy atom. The highest BCUT2D eigenvalue weighted by Gasteiger charge is 2.19. The maximum absolute atomic E-state index is 10.6. The highest BCUT2D eigenvalue weighted by atomic mass is 16.3. The number of benzene rings is 2. The van der Waals surface area contributed by atoms with Gasteiger partial charge in [0.05, 0.1) is 0 Å². The van der Waals surface area contributed by atoms with Crippen molar-refractivity contribution >= 4 is 0 Å². The van der Waals surface area contributed by atoms with E-state index in [1.54, 1.807) is 12.1 Å². The van der Waals surface area contributed by atoms with E-state index in [0.717, 1.165) is 16.7 Å². The number of rotatable bonds is 3. The standard InChI is InChI=1S/C19H22O2/c20-17-10-4-6-14(13-17)12-16-9-5-11-18(19(16)21)15-7-2-1-3-8-15/h4-6,9-11,13,15,20-21H,1-3,7-8,12H2. The zero-order valence-electron chi connectivity index (χ0n) is 12.3. The van der Waals surface area contributed by atoms with E-state index in [1.807, 2.05) is 24.3 Å². The van der Waals surface area contributed by atoms with Crippen LogP contribution in [0.2, 0.25) is 0 Å². The van der Waals surface area contributed by atoms with E-state index in [9.17, 15) is 10.2 Å². The van der Waals surface area contributed by atoms with Gasteiger partial charge in [0.15, 0.2) is 0 Å². The van der Waals surface area contributed by atoms with Crippen LogP contribution in [0.25, 0.3) is 0 Å². The molecule has 0 aliphatic heterocycles. The molecule has 1 aliphatic rings. The smallest absolute Gasteiger partial charge is 0.122 e. The van der Waals surface area contributed by atoms with Crippen molar-refractivity contribution in [1.29, 1.82) is 0 Å². The molecule has 0 radical (unpaired) electrons. The van der Waals surface area contributed by atoms with E-state index >= 15 is 0 Å². The third-order valence-corrected chi connectivity index (χ3v) is 4.50. The Bertz CT molecular complexity index is 613. The number of phenolic OH excluding ortho intramolecular Hbond substituents is 2. The van der Waals surface area contributed by atoms with E-state index in [1.165, 1.54) is 32.1 Å². The minimum absolute atomic E-state index is 0.274. The summed E-state index contributed by atoms with van der Waals surface area (Å²) in [6, 6.07) is 13.3. The first-order valence-corrected chi connectivity index (χ1v) is 7.82. The van der Waals surface area contributed by atoms with Crippen molar-refractivity contribution in [2.75, 3.05) is 0 Å². The molecule has 1 saturated carbocycles. The summed E-state index contributed by atoms with van der Waals surface area (Å²) in [4.78, 5) is 0. The summed E-state index contributed by atoms with van der Waals surface area (Å²) in [5.41, 5.74) is 3.07. The Labute approximate surface area is 126 Å². The van der Waals surface area contributed by atoms with Crippen LogP contribution in [0.5, 0.6) is 11.5 Å². The van der Waals surface area contributed by atoms with Crippen molar-refractivity contribution in [2.24, 2.45) is 0 Å². The van der Waals surface area contributed by atoms with Crippen molar-refractivity contribution in [3.63, 3.8) is 0 Å². The maximum atomic E-state index is 10.6. The largest absolute Gasteiger partial charge is 0.508 e. The second-order valence-electron chi connectivity index (χ2n) is 6.04. The minimum Gasteiger partial charge on any atom is -0.508 e. The molecule has 2 heteroatoms. The number of para-hydroxylation sites is 1. The molecule has 0 atom stereocenters. The minimum atomic E-state index is 0.274. The molecular weight excluding hydrogens is 260 g/mol. The van der Waals surface area contributed by atoms with E-state index in [4.69, 9.17) is 0 Å². The van der Waals surface area contributed by atoms with Gasteiger partial charge in [-0.05, 0) is 47.6 Å². The molecule has 2 aromatic carbocycles. The van der Waals surface area contributed by atoms with Crippen molar-refractivity contribution in [2.45, 2.75) is 44.4 Å². The lowest BCUT2D eigenvalue weighted by Crippen LogP contribution is -2.05. The first-order valence-electron chi connectivity index (χ1n) is 7.82. The summed E-state index contributed by atoms with van der Waals surface area (Å²) in [7, 11) is 0. The normalized spacial score (nSPS) is 16.0. The fourth-order valence-corrected chi connectivity index (χ4v) is 3.38. The third-order valence-electron chi connectivity index (χ3n) is 4.50. The highest BCUT2D eigenvalue weighted by Crippen LogP contribution is 2.38. The monoisotopic (exact) mass is 282 g/mol. The Hall–Kier alpha value is -1.96. The molecule has 1 fully saturated rings. The molecule has 0 spiro atoms. The van der Waals surface area contributed by atoms with Crippen molar-refractivity contribution < 1.29 is 10.2 Å². The zero-order chi connectivity index (χ0) is 14.7. The van der Waals surface area contributed by atoms with Crippen LogP contribution in [0.1, 0.15) is 54.7 Å². The lowest BCUT2D eigenvalue weighted by atomic mass is 9.82. The molecule has 0 aromatic heterocycles. The number of aromatic hydroxyl groups is 2. The summed E-state index contributed by atoms with van der Waals surface area (Å²) in [5.74, 6) is 1.23. The molecule has 0 heterocycles. The summed E-state index contributed by atoms with van der Waals surface area (Å²) in [6.45, 7) is 0. The van der Waals surface area contributed by atoms with Crippen LogP contribution in [-0.2, 0) is 6.42 Å². The van der Waals surface area contributed by atoms with Gasteiger partial charge in [-0.15, -0.1) is 0 Å². The van der Waals surface area contributed by atoms with Crippen molar-refractivity contribution in [3.05, 3.63) is 59.2 Å². The average Bonchev–Trinajstić information content (AvgIpc) is 2.50. The van der Waals surface area contributed by atoms with Gasteiger partial charge in [0.2, 0.25) is 0 Å². The number of hydrogen-bond acceptors (Lipinski definition) is 2. The van der Waals surface area contributed by atoms with Gasteiger partial charge in [0, 0.05) is 6.42 Å².